The molecule has 0 aliphatic rings. The monoisotopic (exact) mass is 256 g/mol. The van der Waals surface area contributed by atoms with Gasteiger partial charge in [0.2, 0.25) is 5.91 Å². The van der Waals surface area contributed by atoms with Gasteiger partial charge in [-0.1, -0.05) is 47.5 Å². The molecular weight excluding hydrogens is 224 g/mol. The molecule has 2 atom stereocenters. The Hall–Kier alpha value is -0.570. The standard InChI is InChI=1S/C15H32N2O/c1-7-12(8-2)11(3)17-14(18)13(10-16)9-15(4,5)6/h11-13H,7-10,16H2,1-6H3,(H,17,18). The number of nitrogens with two attached hydrogens (primary N) is 1. The maximum absolute atomic E-state index is 12.2. The van der Waals surface area contributed by atoms with Gasteiger partial charge in [-0.25, -0.2) is 0 Å². The van der Waals surface area contributed by atoms with Crippen LogP contribution in [0.25, 0.3) is 0 Å². The fourth-order valence-electron chi connectivity index (χ4n) is 2.48. The minimum atomic E-state index is -0.0678. The normalized spacial score (nSPS) is 15.6. The zero-order valence-electron chi connectivity index (χ0n) is 13.0. The molecule has 0 radical (unpaired) electrons. The van der Waals surface area contributed by atoms with Gasteiger partial charge in [-0.05, 0) is 24.7 Å². The molecule has 0 heterocycles. The summed E-state index contributed by atoms with van der Waals surface area (Å²) in [7, 11) is 0. The average molecular weight is 256 g/mol. The summed E-state index contributed by atoms with van der Waals surface area (Å²) in [5.74, 6) is 0.607. The first-order valence-electron chi connectivity index (χ1n) is 7.25. The minimum Gasteiger partial charge on any atom is -0.353 e. The smallest absolute Gasteiger partial charge is 0.224 e. The Labute approximate surface area is 113 Å². The van der Waals surface area contributed by atoms with Gasteiger partial charge in [0.25, 0.3) is 0 Å². The molecule has 3 nitrogen and oxygen atoms in total. The first-order chi connectivity index (χ1) is 8.25. The second-order valence-electron chi connectivity index (χ2n) is 6.57. The molecule has 0 aliphatic carbocycles. The molecule has 0 bridgehead atoms. The van der Waals surface area contributed by atoms with Gasteiger partial charge >= 0.3 is 0 Å². The van der Waals surface area contributed by atoms with Crippen molar-refractivity contribution in [2.75, 3.05) is 6.54 Å². The Morgan fingerprint density at radius 1 is 1.22 bits per heavy atom. The fourth-order valence-corrected chi connectivity index (χ4v) is 2.48. The zero-order chi connectivity index (χ0) is 14.3. The van der Waals surface area contributed by atoms with Crippen LogP contribution in [0.4, 0.5) is 0 Å². The highest BCUT2D eigenvalue weighted by molar-refractivity contribution is 5.79. The van der Waals surface area contributed by atoms with Crippen molar-refractivity contribution in [3.63, 3.8) is 0 Å². The van der Waals surface area contributed by atoms with Crippen molar-refractivity contribution in [1.29, 1.82) is 0 Å². The molecule has 0 saturated carbocycles. The molecule has 0 aromatic rings. The highest BCUT2D eigenvalue weighted by Crippen LogP contribution is 2.24. The predicted molar refractivity (Wildman–Crippen MR) is 78.3 cm³/mol. The van der Waals surface area contributed by atoms with Gasteiger partial charge in [0, 0.05) is 12.6 Å². The lowest BCUT2D eigenvalue weighted by atomic mass is 9.84. The van der Waals surface area contributed by atoms with Crippen molar-refractivity contribution >= 4 is 5.91 Å². The number of carbonyl (C=O) groups is 1. The summed E-state index contributed by atoms with van der Waals surface area (Å²) < 4.78 is 0. The fraction of sp³-hybridized carbons (Fsp3) is 0.933. The minimum absolute atomic E-state index is 0.0678. The van der Waals surface area contributed by atoms with E-state index in [-0.39, 0.29) is 23.3 Å². The summed E-state index contributed by atoms with van der Waals surface area (Å²) in [4.78, 5) is 12.2. The SMILES string of the molecule is CCC(CC)C(C)NC(=O)C(CN)CC(C)(C)C. The molecule has 0 fully saturated rings. The highest BCUT2D eigenvalue weighted by atomic mass is 16.1. The molecule has 108 valence electrons. The van der Waals surface area contributed by atoms with Gasteiger partial charge in [0.15, 0.2) is 0 Å². The third-order valence-corrected chi connectivity index (χ3v) is 3.64. The van der Waals surface area contributed by atoms with Crippen molar-refractivity contribution < 1.29 is 4.79 Å². The van der Waals surface area contributed by atoms with Gasteiger partial charge in [-0.3, -0.25) is 4.79 Å². The van der Waals surface area contributed by atoms with Crippen LogP contribution in [-0.4, -0.2) is 18.5 Å². The largest absolute Gasteiger partial charge is 0.353 e. The van der Waals surface area contributed by atoms with Crippen LogP contribution in [-0.2, 0) is 4.79 Å². The predicted octanol–water partition coefficient (Wildman–Crippen LogP) is 2.94. The van der Waals surface area contributed by atoms with Gasteiger partial charge in [0.1, 0.15) is 0 Å². The summed E-state index contributed by atoms with van der Waals surface area (Å²) >= 11 is 0. The van der Waals surface area contributed by atoms with E-state index in [4.69, 9.17) is 5.73 Å². The molecule has 0 aliphatic heterocycles. The van der Waals surface area contributed by atoms with E-state index >= 15 is 0 Å². The quantitative estimate of drug-likeness (QED) is 0.736. The molecule has 0 aromatic heterocycles. The summed E-state index contributed by atoms with van der Waals surface area (Å²) in [5, 5.41) is 3.14. The van der Waals surface area contributed by atoms with Crippen LogP contribution in [0.5, 0.6) is 0 Å². The van der Waals surface area contributed by atoms with Crippen LogP contribution in [0, 0.1) is 17.3 Å². The first kappa shape index (κ1) is 17.4. The van der Waals surface area contributed by atoms with Crippen LogP contribution in [0.2, 0.25) is 0 Å². The molecule has 0 rings (SSSR count). The van der Waals surface area contributed by atoms with E-state index in [0.29, 0.717) is 12.5 Å². The van der Waals surface area contributed by atoms with Crippen LogP contribution in [0.1, 0.15) is 60.8 Å². The Balaban J connectivity index is 4.44. The third-order valence-electron chi connectivity index (χ3n) is 3.64. The van der Waals surface area contributed by atoms with Crippen LogP contribution in [0.15, 0.2) is 0 Å². The number of hydrogen-bond acceptors (Lipinski definition) is 2. The number of amides is 1. The lowest BCUT2D eigenvalue weighted by molar-refractivity contribution is -0.126. The summed E-state index contributed by atoms with van der Waals surface area (Å²) in [6.07, 6.45) is 3.04. The van der Waals surface area contributed by atoms with Crippen molar-refractivity contribution in [3.05, 3.63) is 0 Å². The van der Waals surface area contributed by atoms with Crippen LogP contribution < -0.4 is 11.1 Å². The Morgan fingerprint density at radius 3 is 2.06 bits per heavy atom. The van der Waals surface area contributed by atoms with Gasteiger partial charge in [-0.2, -0.15) is 0 Å². The van der Waals surface area contributed by atoms with Crippen molar-refractivity contribution in [2.24, 2.45) is 23.0 Å². The molecule has 1 amide bonds. The second kappa shape index (κ2) is 7.78. The lowest BCUT2D eigenvalue weighted by Crippen LogP contribution is -2.44. The van der Waals surface area contributed by atoms with Crippen LogP contribution in [0.3, 0.4) is 0 Å². The van der Waals surface area contributed by atoms with Gasteiger partial charge < -0.3 is 11.1 Å². The molecule has 18 heavy (non-hydrogen) atoms. The third kappa shape index (κ3) is 6.39. The van der Waals surface area contributed by atoms with E-state index < -0.39 is 0 Å². The van der Waals surface area contributed by atoms with Gasteiger partial charge in [0.05, 0.1) is 5.92 Å². The Morgan fingerprint density at radius 2 is 1.72 bits per heavy atom. The maximum atomic E-state index is 12.2. The van der Waals surface area contributed by atoms with E-state index in [1.54, 1.807) is 0 Å². The summed E-state index contributed by atoms with van der Waals surface area (Å²) in [6, 6.07) is 0.238. The van der Waals surface area contributed by atoms with Crippen LogP contribution >= 0.6 is 0 Å². The maximum Gasteiger partial charge on any atom is 0.224 e. The number of nitrogens with one attached hydrogen (secondary N) is 1. The van der Waals surface area contributed by atoms with Crippen molar-refractivity contribution in [2.45, 2.75) is 66.8 Å². The van der Waals surface area contributed by atoms with Gasteiger partial charge in [-0.15, -0.1) is 0 Å². The summed E-state index contributed by atoms with van der Waals surface area (Å²) in [6.45, 7) is 13.3. The number of rotatable bonds is 7. The second-order valence-corrected chi connectivity index (χ2v) is 6.57. The zero-order valence-corrected chi connectivity index (χ0v) is 13.0. The van der Waals surface area contributed by atoms with E-state index in [0.717, 1.165) is 19.3 Å². The average Bonchev–Trinajstić information content (AvgIpc) is 2.26. The van der Waals surface area contributed by atoms with E-state index in [1.807, 2.05) is 0 Å². The van der Waals surface area contributed by atoms with E-state index in [2.05, 4.69) is 46.9 Å². The molecule has 2 unspecified atom stereocenters. The number of hydrogen-bond donors (Lipinski definition) is 2. The topological polar surface area (TPSA) is 55.1 Å². The van der Waals surface area contributed by atoms with E-state index in [1.165, 1.54) is 0 Å². The van der Waals surface area contributed by atoms with E-state index in [9.17, 15) is 4.79 Å². The Kier molecular flexibility index (Phi) is 7.53. The molecule has 0 saturated heterocycles. The summed E-state index contributed by atoms with van der Waals surface area (Å²) in [5.41, 5.74) is 5.88. The first-order valence-corrected chi connectivity index (χ1v) is 7.25. The molecule has 0 aromatic carbocycles. The molecule has 0 spiro atoms. The number of carbonyl (C=O) groups excluding carboxylic acids is 1. The Bertz CT molecular complexity index is 241. The highest BCUT2D eigenvalue weighted by Gasteiger charge is 2.25. The van der Waals surface area contributed by atoms with Crippen molar-refractivity contribution in [3.8, 4) is 0 Å². The molecular formula is C15H32N2O. The molecule has 3 N–H and O–H groups in total. The molecule has 3 heteroatoms. The van der Waals surface area contributed by atoms with Crippen molar-refractivity contribution in [1.82, 2.24) is 5.32 Å². The lowest BCUT2D eigenvalue weighted by Gasteiger charge is -2.28.